The Kier molecular flexibility index (Phi) is 5.90. The van der Waals surface area contributed by atoms with Gasteiger partial charge in [-0.1, -0.05) is 30.3 Å². The van der Waals surface area contributed by atoms with E-state index < -0.39 is 6.04 Å². The Morgan fingerprint density at radius 3 is 2.70 bits per heavy atom. The molecule has 1 atom stereocenters. The molecular weight excluding hydrogens is 349 g/mol. The topological polar surface area (TPSA) is 70.7 Å². The molecule has 27 heavy (non-hydrogen) atoms. The summed E-state index contributed by atoms with van der Waals surface area (Å²) in [6.45, 7) is 0.572. The molecular formula is C20H22FN3O3. The van der Waals surface area contributed by atoms with Gasteiger partial charge in [0.25, 0.3) is 0 Å². The molecule has 142 valence electrons. The largest absolute Gasteiger partial charge is 0.495 e. The Morgan fingerprint density at radius 2 is 1.93 bits per heavy atom. The highest BCUT2D eigenvalue weighted by molar-refractivity contribution is 5.95. The van der Waals surface area contributed by atoms with E-state index in [1.165, 1.54) is 18.1 Å². The summed E-state index contributed by atoms with van der Waals surface area (Å²) < 4.78 is 18.9. The molecule has 6 nitrogen and oxygen atoms in total. The zero-order valence-corrected chi connectivity index (χ0v) is 15.1. The number of para-hydroxylation sites is 2. The molecule has 2 aromatic carbocycles. The van der Waals surface area contributed by atoms with Gasteiger partial charge in [-0.25, -0.2) is 9.18 Å². The fourth-order valence-corrected chi connectivity index (χ4v) is 3.16. The third kappa shape index (κ3) is 4.36. The zero-order chi connectivity index (χ0) is 19.2. The van der Waals surface area contributed by atoms with E-state index in [1.807, 2.05) is 6.07 Å². The third-order valence-electron chi connectivity index (χ3n) is 4.58. The van der Waals surface area contributed by atoms with Crippen molar-refractivity contribution < 1.29 is 18.7 Å². The predicted octanol–water partition coefficient (Wildman–Crippen LogP) is 3.15. The van der Waals surface area contributed by atoms with Gasteiger partial charge >= 0.3 is 6.03 Å². The zero-order valence-electron chi connectivity index (χ0n) is 15.1. The number of likely N-dealkylation sites (tertiary alicyclic amines) is 1. The van der Waals surface area contributed by atoms with Crippen LogP contribution in [-0.2, 0) is 11.3 Å². The Bertz CT molecular complexity index is 828. The van der Waals surface area contributed by atoms with Gasteiger partial charge in [-0.15, -0.1) is 0 Å². The van der Waals surface area contributed by atoms with Gasteiger partial charge < -0.3 is 20.3 Å². The van der Waals surface area contributed by atoms with Gasteiger partial charge in [-0.2, -0.15) is 0 Å². The number of amides is 3. The predicted molar refractivity (Wildman–Crippen MR) is 100.0 cm³/mol. The molecule has 0 aromatic heterocycles. The summed E-state index contributed by atoms with van der Waals surface area (Å²) in [7, 11) is 1.53. The maximum absolute atomic E-state index is 13.7. The lowest BCUT2D eigenvalue weighted by Gasteiger charge is -2.24. The van der Waals surface area contributed by atoms with E-state index in [0.717, 1.165) is 6.42 Å². The number of methoxy groups -OCH3 is 1. The van der Waals surface area contributed by atoms with Crippen molar-refractivity contribution in [2.75, 3.05) is 19.0 Å². The summed E-state index contributed by atoms with van der Waals surface area (Å²) >= 11 is 0. The molecule has 0 unspecified atom stereocenters. The van der Waals surface area contributed by atoms with Crippen molar-refractivity contribution in [1.82, 2.24) is 10.2 Å². The number of hydrogen-bond acceptors (Lipinski definition) is 3. The minimum Gasteiger partial charge on any atom is -0.495 e. The van der Waals surface area contributed by atoms with Crippen molar-refractivity contribution in [1.29, 1.82) is 0 Å². The molecule has 2 N–H and O–H groups in total. The van der Waals surface area contributed by atoms with Crippen LogP contribution in [-0.4, -0.2) is 36.5 Å². The molecule has 7 heteroatoms. The molecule has 3 rings (SSSR count). The van der Waals surface area contributed by atoms with Crippen LogP contribution >= 0.6 is 0 Å². The molecule has 0 spiro atoms. The monoisotopic (exact) mass is 371 g/mol. The van der Waals surface area contributed by atoms with Gasteiger partial charge in [0.1, 0.15) is 17.6 Å². The van der Waals surface area contributed by atoms with E-state index in [4.69, 9.17) is 4.74 Å². The molecule has 0 saturated carbocycles. The van der Waals surface area contributed by atoms with Crippen molar-refractivity contribution in [3.8, 4) is 5.75 Å². The average Bonchev–Trinajstić information content (AvgIpc) is 3.17. The Hall–Kier alpha value is -3.09. The minimum atomic E-state index is -0.577. The summed E-state index contributed by atoms with van der Waals surface area (Å²) in [5, 5.41) is 5.52. The second kappa shape index (κ2) is 8.53. The first-order chi connectivity index (χ1) is 13.1. The number of nitrogens with zero attached hydrogens (tertiary/aromatic N) is 1. The molecule has 2 aromatic rings. The molecule has 1 fully saturated rings. The molecule has 1 aliphatic heterocycles. The van der Waals surface area contributed by atoms with Gasteiger partial charge in [0, 0.05) is 18.7 Å². The van der Waals surface area contributed by atoms with E-state index in [2.05, 4.69) is 10.6 Å². The first kappa shape index (κ1) is 18.7. The van der Waals surface area contributed by atoms with E-state index in [9.17, 15) is 14.0 Å². The minimum absolute atomic E-state index is 0.0873. The van der Waals surface area contributed by atoms with Crippen LogP contribution in [0.4, 0.5) is 14.9 Å². The van der Waals surface area contributed by atoms with Crippen LogP contribution in [0.1, 0.15) is 18.4 Å². The standard InChI is InChI=1S/C20H22FN3O3/c1-27-18-11-5-4-9-16(18)23-20(26)24-12-6-10-17(24)19(25)22-13-14-7-2-3-8-15(14)21/h2-5,7-9,11,17H,6,10,12-13H2,1H3,(H,22,25)(H,23,26)/t17-/m0/s1. The van der Waals surface area contributed by atoms with E-state index in [1.54, 1.807) is 36.4 Å². The van der Waals surface area contributed by atoms with Crippen LogP contribution in [0.5, 0.6) is 5.75 Å². The second-order valence-electron chi connectivity index (χ2n) is 6.29. The maximum atomic E-state index is 13.7. The number of urea groups is 1. The number of rotatable bonds is 5. The Morgan fingerprint density at radius 1 is 1.19 bits per heavy atom. The van der Waals surface area contributed by atoms with Crippen LogP contribution in [0.15, 0.2) is 48.5 Å². The Labute approximate surface area is 157 Å². The van der Waals surface area contributed by atoms with Crippen LogP contribution in [0.3, 0.4) is 0 Å². The number of halogens is 1. The third-order valence-corrected chi connectivity index (χ3v) is 4.58. The molecule has 1 heterocycles. The highest BCUT2D eigenvalue weighted by Crippen LogP contribution is 2.25. The fourth-order valence-electron chi connectivity index (χ4n) is 3.16. The summed E-state index contributed by atoms with van der Waals surface area (Å²) in [6.07, 6.45) is 1.31. The smallest absolute Gasteiger partial charge is 0.322 e. The quantitative estimate of drug-likeness (QED) is 0.848. The molecule has 0 bridgehead atoms. The van der Waals surface area contributed by atoms with Crippen LogP contribution < -0.4 is 15.4 Å². The molecule has 1 aliphatic rings. The van der Waals surface area contributed by atoms with Crippen LogP contribution in [0.2, 0.25) is 0 Å². The number of benzene rings is 2. The number of anilines is 1. The maximum Gasteiger partial charge on any atom is 0.322 e. The number of carbonyl (C=O) groups is 2. The fraction of sp³-hybridized carbons (Fsp3) is 0.300. The summed E-state index contributed by atoms with van der Waals surface area (Å²) in [4.78, 5) is 26.7. The van der Waals surface area contributed by atoms with Gasteiger partial charge in [-0.3, -0.25) is 4.79 Å². The van der Waals surface area contributed by atoms with Crippen molar-refractivity contribution in [3.63, 3.8) is 0 Å². The Balaban J connectivity index is 1.63. The number of ether oxygens (including phenoxy) is 1. The van der Waals surface area contributed by atoms with Crippen molar-refractivity contribution in [2.24, 2.45) is 0 Å². The number of carbonyl (C=O) groups excluding carboxylic acids is 2. The highest BCUT2D eigenvalue weighted by atomic mass is 19.1. The van der Waals surface area contributed by atoms with Gasteiger partial charge in [0.2, 0.25) is 5.91 Å². The lowest BCUT2D eigenvalue weighted by atomic mass is 10.2. The van der Waals surface area contributed by atoms with Crippen molar-refractivity contribution >= 4 is 17.6 Å². The molecule has 3 amide bonds. The molecule has 0 aliphatic carbocycles. The number of hydrogen-bond donors (Lipinski definition) is 2. The van der Waals surface area contributed by atoms with Crippen LogP contribution in [0, 0.1) is 5.82 Å². The van der Waals surface area contributed by atoms with E-state index in [0.29, 0.717) is 30.0 Å². The lowest BCUT2D eigenvalue weighted by Crippen LogP contribution is -2.47. The highest BCUT2D eigenvalue weighted by Gasteiger charge is 2.34. The molecule has 0 radical (unpaired) electrons. The average molecular weight is 371 g/mol. The summed E-state index contributed by atoms with van der Waals surface area (Å²) in [5.41, 5.74) is 0.955. The lowest BCUT2D eigenvalue weighted by molar-refractivity contribution is -0.124. The van der Waals surface area contributed by atoms with Crippen LogP contribution in [0.25, 0.3) is 0 Å². The second-order valence-corrected chi connectivity index (χ2v) is 6.29. The van der Waals surface area contributed by atoms with Crippen molar-refractivity contribution in [3.05, 3.63) is 59.9 Å². The summed E-state index contributed by atoms with van der Waals surface area (Å²) in [6, 6.07) is 12.4. The van der Waals surface area contributed by atoms with Gasteiger partial charge in [0.15, 0.2) is 0 Å². The number of nitrogens with one attached hydrogen (secondary N) is 2. The first-order valence-electron chi connectivity index (χ1n) is 8.82. The molecule has 1 saturated heterocycles. The summed E-state index contributed by atoms with van der Waals surface area (Å²) in [5.74, 6) is -0.105. The normalized spacial score (nSPS) is 16.1. The van der Waals surface area contributed by atoms with Gasteiger partial charge in [0.05, 0.1) is 12.8 Å². The van der Waals surface area contributed by atoms with Gasteiger partial charge in [-0.05, 0) is 31.0 Å². The van der Waals surface area contributed by atoms with E-state index >= 15 is 0 Å². The van der Waals surface area contributed by atoms with Crippen molar-refractivity contribution in [2.45, 2.75) is 25.4 Å². The first-order valence-corrected chi connectivity index (χ1v) is 8.82. The SMILES string of the molecule is COc1ccccc1NC(=O)N1CCC[C@H]1C(=O)NCc1ccccc1F. The van der Waals surface area contributed by atoms with E-state index in [-0.39, 0.29) is 24.3 Å².